The second-order valence-electron chi connectivity index (χ2n) is 3.48. The summed E-state index contributed by atoms with van der Waals surface area (Å²) in [5, 5.41) is 3.15. The molecule has 0 spiro atoms. The van der Waals surface area contributed by atoms with E-state index in [4.69, 9.17) is 23.4 Å². The van der Waals surface area contributed by atoms with Crippen LogP contribution < -0.4 is 5.32 Å². The van der Waals surface area contributed by atoms with Crippen LogP contribution in [0.3, 0.4) is 0 Å². The van der Waals surface area contributed by atoms with Crippen LogP contribution in [0.1, 0.15) is 5.56 Å². The van der Waals surface area contributed by atoms with Crippen molar-refractivity contribution in [2.45, 2.75) is 12.6 Å². The van der Waals surface area contributed by atoms with E-state index >= 15 is 0 Å². The predicted octanol–water partition coefficient (Wildman–Crippen LogP) is 2.22. The van der Waals surface area contributed by atoms with Gasteiger partial charge in [0.25, 0.3) is 0 Å². The third kappa shape index (κ3) is 2.31. The lowest BCUT2D eigenvalue weighted by molar-refractivity contribution is -0.121. The normalized spacial score (nSPS) is 19.2. The Labute approximate surface area is 104 Å². The van der Waals surface area contributed by atoms with Crippen LogP contribution in [0.15, 0.2) is 41.7 Å². The molecule has 16 heavy (non-hydrogen) atoms. The van der Waals surface area contributed by atoms with Gasteiger partial charge in [0.15, 0.2) is 11.9 Å². The topological polar surface area (TPSA) is 32.3 Å². The molecule has 1 atom stereocenters. The molecule has 1 N–H and O–H groups in total. The molecular weight excluding hydrogens is 247 g/mol. The number of nitrogens with one attached hydrogen (secondary N) is 1. The van der Waals surface area contributed by atoms with Crippen LogP contribution in [0.5, 0.6) is 0 Å². The van der Waals surface area contributed by atoms with Crippen LogP contribution in [0.2, 0.25) is 0 Å². The van der Waals surface area contributed by atoms with Gasteiger partial charge in [0, 0.05) is 24.4 Å². The van der Waals surface area contributed by atoms with Crippen LogP contribution in [-0.2, 0) is 11.2 Å². The third-order valence-electron chi connectivity index (χ3n) is 2.32. The highest BCUT2D eigenvalue weighted by Gasteiger charge is 2.29. The largest absolute Gasteiger partial charge is 0.362 e. The summed E-state index contributed by atoms with van der Waals surface area (Å²) in [6, 6.07) is 9.51. The van der Waals surface area contributed by atoms with Crippen molar-refractivity contribution in [2.75, 3.05) is 0 Å². The highest BCUT2D eigenvalue weighted by atomic mass is 35.5. The summed E-state index contributed by atoms with van der Waals surface area (Å²) in [5.74, 6) is -0.0203. The second-order valence-corrected chi connectivity index (χ2v) is 4.23. The van der Waals surface area contributed by atoms with Crippen LogP contribution in [0.4, 0.5) is 0 Å². The summed E-state index contributed by atoms with van der Waals surface area (Å²) in [6.45, 7) is 0. The van der Waals surface area contributed by atoms with Gasteiger partial charge in [0.05, 0.1) is 0 Å². The zero-order valence-corrected chi connectivity index (χ0v) is 9.87. The second kappa shape index (κ2) is 4.76. The van der Waals surface area contributed by atoms with E-state index in [0.29, 0.717) is 11.6 Å². The van der Waals surface area contributed by atoms with E-state index in [1.807, 2.05) is 30.3 Å². The molecule has 5 heteroatoms. The number of ketones is 1. The zero-order chi connectivity index (χ0) is 11.5. The first-order chi connectivity index (χ1) is 7.68. The maximum atomic E-state index is 11.9. The molecule has 0 bridgehead atoms. The zero-order valence-electron chi connectivity index (χ0n) is 8.36. The number of benzene rings is 1. The summed E-state index contributed by atoms with van der Waals surface area (Å²) < 4.78 is 1.20. The molecule has 1 heterocycles. The van der Waals surface area contributed by atoms with Gasteiger partial charge in [-0.15, -0.1) is 0 Å². The van der Waals surface area contributed by atoms with Crippen molar-refractivity contribution >= 4 is 29.2 Å². The van der Waals surface area contributed by atoms with Gasteiger partial charge < -0.3 is 5.32 Å². The summed E-state index contributed by atoms with van der Waals surface area (Å²) in [5.41, 5.74) is 0.961. The molecule has 2 rings (SSSR count). The monoisotopic (exact) mass is 256 g/mol. The van der Waals surface area contributed by atoms with E-state index in [-0.39, 0.29) is 5.78 Å². The van der Waals surface area contributed by atoms with Gasteiger partial charge in [-0.3, -0.25) is 4.79 Å². The highest BCUT2D eigenvalue weighted by molar-refractivity contribution is 6.34. The smallest absolute Gasteiger partial charge is 0.181 e. The molecule has 0 fully saturated rings. The highest BCUT2D eigenvalue weighted by Crippen LogP contribution is 2.21. The number of nitrogens with zero attached hydrogens (tertiary/aromatic N) is 1. The van der Waals surface area contributed by atoms with E-state index in [2.05, 4.69) is 5.32 Å². The summed E-state index contributed by atoms with van der Waals surface area (Å²) in [7, 11) is 0. The Kier molecular flexibility index (Phi) is 3.36. The fourth-order valence-corrected chi connectivity index (χ4v) is 1.89. The van der Waals surface area contributed by atoms with Crippen molar-refractivity contribution in [3.63, 3.8) is 0 Å². The minimum Gasteiger partial charge on any atom is -0.362 e. The van der Waals surface area contributed by atoms with Crippen molar-refractivity contribution in [3.05, 3.63) is 47.3 Å². The van der Waals surface area contributed by atoms with Crippen molar-refractivity contribution in [3.8, 4) is 0 Å². The molecule has 1 aromatic carbocycles. The number of halogens is 2. The summed E-state index contributed by atoms with van der Waals surface area (Å²) >= 11 is 11.6. The van der Waals surface area contributed by atoms with Gasteiger partial charge >= 0.3 is 0 Å². The number of hydrogen-bond donors (Lipinski definition) is 1. The molecule has 1 unspecified atom stereocenters. The minimum atomic E-state index is -0.575. The van der Waals surface area contributed by atoms with Crippen LogP contribution >= 0.6 is 23.4 Å². The van der Waals surface area contributed by atoms with Crippen molar-refractivity contribution < 1.29 is 4.79 Å². The van der Waals surface area contributed by atoms with Crippen LogP contribution in [0.25, 0.3) is 0 Å². The van der Waals surface area contributed by atoms with E-state index < -0.39 is 6.17 Å². The van der Waals surface area contributed by atoms with Crippen LogP contribution in [-0.4, -0.2) is 16.4 Å². The lowest BCUT2D eigenvalue weighted by Gasteiger charge is -2.17. The van der Waals surface area contributed by atoms with Gasteiger partial charge in [-0.25, -0.2) is 4.42 Å². The molecular formula is C11H10Cl2N2O. The Balaban J connectivity index is 2.00. The van der Waals surface area contributed by atoms with E-state index in [1.165, 1.54) is 10.6 Å². The van der Waals surface area contributed by atoms with Gasteiger partial charge in [0.1, 0.15) is 5.16 Å². The predicted molar refractivity (Wildman–Crippen MR) is 63.7 cm³/mol. The lowest BCUT2D eigenvalue weighted by atomic mass is 10.1. The Morgan fingerprint density at radius 1 is 1.38 bits per heavy atom. The summed E-state index contributed by atoms with van der Waals surface area (Å²) in [4.78, 5) is 11.9. The number of carbonyl (C=O) groups excluding carboxylic acids is 1. The minimum absolute atomic E-state index is 0.0203. The Morgan fingerprint density at radius 2 is 2.06 bits per heavy atom. The Bertz CT molecular complexity index is 419. The fraction of sp³-hybridized carbons (Fsp3) is 0.182. The number of hydrogen-bond acceptors (Lipinski definition) is 3. The Morgan fingerprint density at radius 3 is 2.62 bits per heavy atom. The van der Waals surface area contributed by atoms with Crippen molar-refractivity contribution in [1.82, 2.24) is 9.74 Å². The molecule has 1 aromatic rings. The number of rotatable bonds is 3. The molecule has 0 saturated heterocycles. The SMILES string of the molecule is O=C(Cc1ccccc1)C1NC=C(Cl)N1Cl. The molecule has 84 valence electrons. The van der Waals surface area contributed by atoms with E-state index in [0.717, 1.165) is 5.56 Å². The quantitative estimate of drug-likeness (QED) is 0.665. The van der Waals surface area contributed by atoms with Gasteiger partial charge in [0.2, 0.25) is 0 Å². The molecule has 0 amide bonds. The standard InChI is InChI=1S/C11H10Cl2N2O/c12-10-7-14-11(15(10)13)9(16)6-8-4-2-1-3-5-8/h1-5,7,11,14H,6H2. The van der Waals surface area contributed by atoms with Crippen LogP contribution in [0, 0.1) is 0 Å². The number of carbonyl (C=O) groups is 1. The van der Waals surface area contributed by atoms with E-state index in [9.17, 15) is 4.79 Å². The molecule has 0 aliphatic carbocycles. The average molecular weight is 257 g/mol. The van der Waals surface area contributed by atoms with Crippen molar-refractivity contribution in [1.29, 1.82) is 0 Å². The molecule has 0 aromatic heterocycles. The Hall–Kier alpha value is -1.19. The molecule has 1 aliphatic rings. The molecule has 1 aliphatic heterocycles. The van der Waals surface area contributed by atoms with Gasteiger partial charge in [-0.05, 0) is 5.56 Å². The fourth-order valence-electron chi connectivity index (χ4n) is 1.51. The van der Waals surface area contributed by atoms with E-state index in [1.54, 1.807) is 0 Å². The lowest BCUT2D eigenvalue weighted by Crippen LogP contribution is -2.39. The average Bonchev–Trinajstić information content (AvgIpc) is 2.61. The molecule has 3 nitrogen and oxygen atoms in total. The molecule has 0 radical (unpaired) electrons. The third-order valence-corrected chi connectivity index (χ3v) is 3.07. The maximum absolute atomic E-state index is 11.9. The first kappa shape index (κ1) is 11.3. The number of Topliss-reactive ketones (excluding diaryl/α,β-unsaturated/α-hetero) is 1. The van der Waals surface area contributed by atoms with Gasteiger partial charge in [-0.1, -0.05) is 41.9 Å². The van der Waals surface area contributed by atoms with Crippen molar-refractivity contribution in [2.24, 2.45) is 0 Å². The van der Waals surface area contributed by atoms with Gasteiger partial charge in [-0.2, -0.15) is 0 Å². The maximum Gasteiger partial charge on any atom is 0.181 e. The summed E-state index contributed by atoms with van der Waals surface area (Å²) in [6.07, 6.45) is 1.27. The first-order valence-corrected chi connectivity index (χ1v) is 5.53. The first-order valence-electron chi connectivity index (χ1n) is 4.82. The molecule has 0 saturated carbocycles.